The van der Waals surface area contributed by atoms with Gasteiger partial charge in [-0.2, -0.15) is 0 Å². The second kappa shape index (κ2) is 12.8. The van der Waals surface area contributed by atoms with Crippen molar-refractivity contribution in [1.82, 2.24) is 20.4 Å². The zero-order chi connectivity index (χ0) is 21.1. The maximum absolute atomic E-state index is 6.02. The summed E-state index contributed by atoms with van der Waals surface area (Å²) >= 11 is 0. The van der Waals surface area contributed by atoms with Gasteiger partial charge in [-0.15, -0.1) is 0 Å². The summed E-state index contributed by atoms with van der Waals surface area (Å²) in [5, 5.41) is 7.18. The molecule has 2 N–H and O–H groups in total. The van der Waals surface area contributed by atoms with E-state index in [-0.39, 0.29) is 5.41 Å². The van der Waals surface area contributed by atoms with E-state index in [0.29, 0.717) is 12.1 Å². The molecule has 6 nitrogen and oxygen atoms in total. The standard InChI is InChI=1S/C23H47N5O/c1-6-23(7-2)20(19-21(23)29-10-5)26-22(24-8-3)25-13-11-12-14-28-17-15-27(9-4)16-18-28/h20-21H,6-19H2,1-5H3,(H2,24,25,26). The lowest BCUT2D eigenvalue weighted by molar-refractivity contribution is -0.133. The number of ether oxygens (including phenoxy) is 1. The molecule has 2 atom stereocenters. The van der Waals surface area contributed by atoms with Crippen LogP contribution in [0.5, 0.6) is 0 Å². The van der Waals surface area contributed by atoms with Crippen LogP contribution >= 0.6 is 0 Å². The predicted molar refractivity (Wildman–Crippen MR) is 124 cm³/mol. The minimum atomic E-state index is 0.243. The first-order valence-electron chi connectivity index (χ1n) is 12.2. The van der Waals surface area contributed by atoms with Gasteiger partial charge in [0.1, 0.15) is 0 Å². The largest absolute Gasteiger partial charge is 0.378 e. The van der Waals surface area contributed by atoms with Crippen molar-refractivity contribution in [3.8, 4) is 0 Å². The van der Waals surface area contributed by atoms with Crippen molar-refractivity contribution in [3.63, 3.8) is 0 Å². The van der Waals surface area contributed by atoms with Crippen molar-refractivity contribution in [3.05, 3.63) is 0 Å². The van der Waals surface area contributed by atoms with E-state index in [1.807, 2.05) is 0 Å². The minimum Gasteiger partial charge on any atom is -0.378 e. The van der Waals surface area contributed by atoms with Crippen LogP contribution in [0.4, 0.5) is 0 Å². The molecule has 0 bridgehead atoms. The van der Waals surface area contributed by atoms with Crippen LogP contribution in [0.15, 0.2) is 4.99 Å². The van der Waals surface area contributed by atoms with E-state index >= 15 is 0 Å². The molecule has 0 radical (unpaired) electrons. The van der Waals surface area contributed by atoms with Gasteiger partial charge < -0.3 is 25.2 Å². The molecule has 2 fully saturated rings. The number of nitrogens with one attached hydrogen (secondary N) is 2. The van der Waals surface area contributed by atoms with Crippen molar-refractivity contribution in [2.45, 2.75) is 78.9 Å². The van der Waals surface area contributed by atoms with Gasteiger partial charge in [-0.05, 0) is 59.0 Å². The molecule has 1 saturated heterocycles. The second-order valence-corrected chi connectivity index (χ2v) is 8.56. The van der Waals surface area contributed by atoms with Crippen LogP contribution in [-0.4, -0.2) is 86.9 Å². The molecule has 6 heteroatoms. The molecule has 2 unspecified atom stereocenters. The number of nitrogens with zero attached hydrogens (tertiary/aromatic N) is 3. The second-order valence-electron chi connectivity index (χ2n) is 8.56. The fourth-order valence-electron chi connectivity index (χ4n) is 5.04. The number of rotatable bonds is 12. The minimum absolute atomic E-state index is 0.243. The molecule has 0 aromatic rings. The van der Waals surface area contributed by atoms with E-state index in [0.717, 1.165) is 51.3 Å². The first-order valence-corrected chi connectivity index (χ1v) is 12.2. The van der Waals surface area contributed by atoms with Gasteiger partial charge in [0, 0.05) is 57.3 Å². The molecule has 0 aromatic carbocycles. The van der Waals surface area contributed by atoms with Crippen molar-refractivity contribution in [2.24, 2.45) is 10.4 Å². The Morgan fingerprint density at radius 3 is 2.28 bits per heavy atom. The highest BCUT2D eigenvalue weighted by molar-refractivity contribution is 5.80. The molecule has 2 rings (SSSR count). The molecular formula is C23H47N5O. The Bertz CT molecular complexity index is 472. The molecular weight excluding hydrogens is 362 g/mol. The number of guanidine groups is 1. The normalized spacial score (nSPS) is 25.6. The fourth-order valence-corrected chi connectivity index (χ4v) is 5.04. The smallest absolute Gasteiger partial charge is 0.191 e. The van der Waals surface area contributed by atoms with Crippen molar-refractivity contribution in [1.29, 1.82) is 0 Å². The molecule has 1 aliphatic heterocycles. The van der Waals surface area contributed by atoms with Crippen molar-refractivity contribution in [2.75, 3.05) is 59.0 Å². The molecule has 2 aliphatic rings. The molecule has 1 aliphatic carbocycles. The Balaban J connectivity index is 1.75. The van der Waals surface area contributed by atoms with Gasteiger partial charge in [-0.1, -0.05) is 20.8 Å². The van der Waals surface area contributed by atoms with Crippen LogP contribution < -0.4 is 10.6 Å². The first kappa shape index (κ1) is 24.4. The summed E-state index contributed by atoms with van der Waals surface area (Å²) in [6.07, 6.45) is 6.16. The van der Waals surface area contributed by atoms with Gasteiger partial charge >= 0.3 is 0 Å². The van der Waals surface area contributed by atoms with E-state index in [4.69, 9.17) is 9.73 Å². The number of unbranched alkanes of at least 4 members (excludes halogenated alkanes) is 1. The van der Waals surface area contributed by atoms with Gasteiger partial charge in [0.05, 0.1) is 6.10 Å². The highest BCUT2D eigenvalue weighted by Crippen LogP contribution is 2.48. The summed E-state index contributed by atoms with van der Waals surface area (Å²) in [6.45, 7) is 21.0. The number of aliphatic imine (C=N–C) groups is 1. The van der Waals surface area contributed by atoms with Gasteiger partial charge in [0.2, 0.25) is 0 Å². The van der Waals surface area contributed by atoms with Crippen LogP contribution in [0.3, 0.4) is 0 Å². The number of likely N-dealkylation sites (N-methyl/N-ethyl adjacent to an activating group) is 1. The third-order valence-electron chi connectivity index (χ3n) is 7.19. The predicted octanol–water partition coefficient (Wildman–Crippen LogP) is 2.94. The molecule has 1 saturated carbocycles. The Morgan fingerprint density at radius 1 is 1.00 bits per heavy atom. The fraction of sp³-hybridized carbons (Fsp3) is 0.957. The van der Waals surface area contributed by atoms with E-state index in [9.17, 15) is 0 Å². The zero-order valence-corrected chi connectivity index (χ0v) is 19.8. The van der Waals surface area contributed by atoms with Crippen LogP contribution in [0.1, 0.15) is 66.7 Å². The van der Waals surface area contributed by atoms with Crippen LogP contribution in [-0.2, 0) is 4.74 Å². The lowest BCUT2D eigenvalue weighted by atomic mass is 9.58. The van der Waals surface area contributed by atoms with Crippen molar-refractivity contribution < 1.29 is 4.74 Å². The Kier molecular flexibility index (Phi) is 10.7. The summed E-state index contributed by atoms with van der Waals surface area (Å²) in [6, 6.07) is 0.460. The van der Waals surface area contributed by atoms with Crippen molar-refractivity contribution >= 4 is 5.96 Å². The summed E-state index contributed by atoms with van der Waals surface area (Å²) in [4.78, 5) is 10.0. The van der Waals surface area contributed by atoms with Gasteiger partial charge in [-0.25, -0.2) is 0 Å². The Labute approximate surface area is 179 Å². The van der Waals surface area contributed by atoms with Gasteiger partial charge in [-0.3, -0.25) is 4.99 Å². The lowest BCUT2D eigenvalue weighted by Gasteiger charge is -2.55. The molecule has 1 heterocycles. The summed E-state index contributed by atoms with van der Waals surface area (Å²) in [7, 11) is 0. The first-order chi connectivity index (χ1) is 14.1. The summed E-state index contributed by atoms with van der Waals surface area (Å²) in [5.41, 5.74) is 0.243. The maximum atomic E-state index is 6.02. The summed E-state index contributed by atoms with van der Waals surface area (Å²) in [5.74, 6) is 0.982. The lowest BCUT2D eigenvalue weighted by Crippen LogP contribution is -2.65. The summed E-state index contributed by atoms with van der Waals surface area (Å²) < 4.78 is 6.02. The van der Waals surface area contributed by atoms with Crippen LogP contribution in [0.2, 0.25) is 0 Å². The Hall–Kier alpha value is -0.850. The number of hydrogen-bond acceptors (Lipinski definition) is 4. The molecule has 0 aromatic heterocycles. The Morgan fingerprint density at radius 2 is 1.69 bits per heavy atom. The maximum Gasteiger partial charge on any atom is 0.191 e. The van der Waals surface area contributed by atoms with Gasteiger partial charge in [0.15, 0.2) is 5.96 Å². The molecule has 0 spiro atoms. The molecule has 0 amide bonds. The highest BCUT2D eigenvalue weighted by Gasteiger charge is 2.53. The highest BCUT2D eigenvalue weighted by atomic mass is 16.5. The number of hydrogen-bond donors (Lipinski definition) is 2. The van der Waals surface area contributed by atoms with Gasteiger partial charge in [0.25, 0.3) is 0 Å². The van der Waals surface area contributed by atoms with E-state index < -0.39 is 0 Å². The van der Waals surface area contributed by atoms with E-state index in [2.05, 4.69) is 55.1 Å². The quantitative estimate of drug-likeness (QED) is 0.295. The van der Waals surface area contributed by atoms with Crippen LogP contribution in [0.25, 0.3) is 0 Å². The van der Waals surface area contributed by atoms with E-state index in [1.165, 1.54) is 45.7 Å². The third-order valence-corrected chi connectivity index (χ3v) is 7.19. The molecule has 29 heavy (non-hydrogen) atoms. The average molecular weight is 410 g/mol. The SMILES string of the molecule is CCNC(=NCCCCN1CCN(CC)CC1)NC1CC(OCC)C1(CC)CC. The third kappa shape index (κ3) is 6.56. The zero-order valence-electron chi connectivity index (χ0n) is 19.8. The molecule has 170 valence electrons. The number of piperazine rings is 1. The van der Waals surface area contributed by atoms with E-state index in [1.54, 1.807) is 0 Å². The average Bonchev–Trinajstić information content (AvgIpc) is 2.74. The topological polar surface area (TPSA) is 52.1 Å². The monoisotopic (exact) mass is 409 g/mol. The van der Waals surface area contributed by atoms with Crippen LogP contribution in [0, 0.1) is 5.41 Å².